The fourth-order valence-corrected chi connectivity index (χ4v) is 1.18. The Morgan fingerprint density at radius 1 is 1.05 bits per heavy atom. The lowest BCUT2D eigenvalue weighted by Gasteiger charge is -2.16. The topological polar surface area (TPSA) is 52.6 Å². The average molecular weight is 298 g/mol. The zero-order valence-electron chi connectivity index (χ0n) is 12.0. The maximum Gasteiger partial charge on any atom is 0.425 e. The highest BCUT2D eigenvalue weighted by atomic mass is 19.4. The number of esters is 2. The fraction of sp³-hybridized carbons (Fsp3) is 0.846. The van der Waals surface area contributed by atoms with Crippen molar-refractivity contribution in [2.45, 2.75) is 58.7 Å². The van der Waals surface area contributed by atoms with Gasteiger partial charge in [0.25, 0.3) is 0 Å². The van der Waals surface area contributed by atoms with Crippen LogP contribution >= 0.6 is 0 Å². The molecule has 0 aliphatic rings. The minimum Gasteiger partial charge on any atom is -0.466 e. The predicted octanol–water partition coefficient (Wildman–Crippen LogP) is 3.24. The Hall–Kier alpha value is -1.27. The van der Waals surface area contributed by atoms with Crippen LogP contribution < -0.4 is 0 Å². The van der Waals surface area contributed by atoms with Gasteiger partial charge in [0.15, 0.2) is 6.10 Å². The third kappa shape index (κ3) is 9.63. The van der Waals surface area contributed by atoms with E-state index in [9.17, 15) is 22.8 Å². The van der Waals surface area contributed by atoms with Gasteiger partial charge in [-0.15, -0.1) is 0 Å². The number of rotatable bonds is 8. The normalized spacial score (nSPS) is 13.2. The van der Waals surface area contributed by atoms with Gasteiger partial charge in [-0.3, -0.25) is 9.59 Å². The van der Waals surface area contributed by atoms with Gasteiger partial charge in [0.1, 0.15) is 0 Å². The standard InChI is InChI=1S/C13H21F3O4/c1-9(2)7-8-19-11(17)5-4-6-12(18)20-10(3)13(14,15)16/h9-10H,4-8H2,1-3H3. The molecule has 0 amide bonds. The second-order valence-electron chi connectivity index (χ2n) is 4.93. The molecule has 0 heterocycles. The molecule has 0 bridgehead atoms. The van der Waals surface area contributed by atoms with Crippen LogP contribution in [0.5, 0.6) is 0 Å². The van der Waals surface area contributed by atoms with Crippen LogP contribution in [-0.4, -0.2) is 30.8 Å². The second kappa shape index (κ2) is 8.81. The van der Waals surface area contributed by atoms with Gasteiger partial charge in [0.05, 0.1) is 6.61 Å². The molecule has 20 heavy (non-hydrogen) atoms. The number of halogens is 3. The molecule has 4 nitrogen and oxygen atoms in total. The van der Waals surface area contributed by atoms with Gasteiger partial charge >= 0.3 is 18.1 Å². The van der Waals surface area contributed by atoms with Crippen molar-refractivity contribution in [2.75, 3.05) is 6.61 Å². The Morgan fingerprint density at radius 3 is 2.10 bits per heavy atom. The Kier molecular flexibility index (Phi) is 8.25. The molecule has 0 N–H and O–H groups in total. The van der Waals surface area contributed by atoms with Gasteiger partial charge in [0, 0.05) is 12.8 Å². The van der Waals surface area contributed by atoms with Crippen molar-refractivity contribution in [3.63, 3.8) is 0 Å². The van der Waals surface area contributed by atoms with Crippen LogP contribution in [0.2, 0.25) is 0 Å². The highest BCUT2D eigenvalue weighted by molar-refractivity contribution is 5.72. The SMILES string of the molecule is CC(C)CCOC(=O)CCCC(=O)OC(C)C(F)(F)F. The van der Waals surface area contributed by atoms with E-state index in [1.807, 2.05) is 13.8 Å². The van der Waals surface area contributed by atoms with Gasteiger partial charge in [-0.05, 0) is 25.7 Å². The summed E-state index contributed by atoms with van der Waals surface area (Å²) in [5, 5.41) is 0. The predicted molar refractivity (Wildman–Crippen MR) is 65.9 cm³/mol. The lowest BCUT2D eigenvalue weighted by Crippen LogP contribution is -2.30. The number of alkyl halides is 3. The van der Waals surface area contributed by atoms with Gasteiger partial charge in [-0.1, -0.05) is 13.8 Å². The van der Waals surface area contributed by atoms with Crippen molar-refractivity contribution in [1.82, 2.24) is 0 Å². The van der Waals surface area contributed by atoms with E-state index in [1.54, 1.807) is 0 Å². The molecule has 0 rings (SSSR count). The van der Waals surface area contributed by atoms with Gasteiger partial charge in [-0.2, -0.15) is 13.2 Å². The Morgan fingerprint density at radius 2 is 1.60 bits per heavy atom. The third-order valence-corrected chi connectivity index (χ3v) is 2.49. The quantitative estimate of drug-likeness (QED) is 0.646. The van der Waals surface area contributed by atoms with Crippen molar-refractivity contribution in [3.05, 3.63) is 0 Å². The molecule has 1 atom stereocenters. The molecule has 0 aromatic carbocycles. The summed E-state index contributed by atoms with van der Waals surface area (Å²) in [6, 6.07) is 0. The molecule has 0 aromatic rings. The first-order valence-corrected chi connectivity index (χ1v) is 6.54. The summed E-state index contributed by atoms with van der Waals surface area (Å²) in [4.78, 5) is 22.3. The van der Waals surface area contributed by atoms with Gasteiger partial charge < -0.3 is 9.47 Å². The van der Waals surface area contributed by atoms with E-state index in [0.29, 0.717) is 12.5 Å². The summed E-state index contributed by atoms with van der Waals surface area (Å²) < 4.78 is 45.4. The van der Waals surface area contributed by atoms with Crippen LogP contribution in [0.3, 0.4) is 0 Å². The maximum atomic E-state index is 12.1. The van der Waals surface area contributed by atoms with Crippen molar-refractivity contribution >= 4 is 11.9 Å². The molecule has 0 fully saturated rings. The molecular weight excluding hydrogens is 277 g/mol. The summed E-state index contributed by atoms with van der Waals surface area (Å²) >= 11 is 0. The van der Waals surface area contributed by atoms with E-state index in [0.717, 1.165) is 13.3 Å². The number of carbonyl (C=O) groups is 2. The zero-order valence-corrected chi connectivity index (χ0v) is 12.0. The van der Waals surface area contributed by atoms with Crippen LogP contribution in [0.1, 0.15) is 46.5 Å². The molecule has 0 aromatic heterocycles. The van der Waals surface area contributed by atoms with Crippen LogP contribution in [0.15, 0.2) is 0 Å². The summed E-state index contributed by atoms with van der Waals surface area (Å²) in [6.07, 6.45) is -6.08. The van der Waals surface area contributed by atoms with Crippen LogP contribution in [0.25, 0.3) is 0 Å². The van der Waals surface area contributed by atoms with Crippen LogP contribution in [0, 0.1) is 5.92 Å². The molecule has 0 saturated carbocycles. The van der Waals surface area contributed by atoms with Gasteiger partial charge in [0.2, 0.25) is 0 Å². The van der Waals surface area contributed by atoms with Crippen molar-refractivity contribution in [2.24, 2.45) is 5.92 Å². The lowest BCUT2D eigenvalue weighted by molar-refractivity contribution is -0.216. The summed E-state index contributed by atoms with van der Waals surface area (Å²) in [7, 11) is 0. The Bertz CT molecular complexity index is 313. The number of hydrogen-bond donors (Lipinski definition) is 0. The second-order valence-corrected chi connectivity index (χ2v) is 4.93. The maximum absolute atomic E-state index is 12.1. The number of hydrogen-bond acceptors (Lipinski definition) is 4. The Labute approximate surface area is 116 Å². The van der Waals surface area contributed by atoms with E-state index in [4.69, 9.17) is 4.74 Å². The first-order chi connectivity index (χ1) is 9.12. The molecule has 0 spiro atoms. The smallest absolute Gasteiger partial charge is 0.425 e. The lowest BCUT2D eigenvalue weighted by atomic mass is 10.1. The van der Waals surface area contributed by atoms with Gasteiger partial charge in [-0.25, -0.2) is 0 Å². The summed E-state index contributed by atoms with van der Waals surface area (Å²) in [5.74, 6) is -1.01. The van der Waals surface area contributed by atoms with E-state index in [1.165, 1.54) is 0 Å². The molecule has 0 aliphatic carbocycles. The van der Waals surface area contributed by atoms with Crippen LogP contribution in [0.4, 0.5) is 13.2 Å². The molecule has 0 radical (unpaired) electrons. The highest BCUT2D eigenvalue weighted by Gasteiger charge is 2.38. The summed E-state index contributed by atoms with van der Waals surface area (Å²) in [6.45, 7) is 5.06. The van der Waals surface area contributed by atoms with E-state index in [2.05, 4.69) is 4.74 Å². The van der Waals surface area contributed by atoms with Crippen molar-refractivity contribution < 1.29 is 32.2 Å². The van der Waals surface area contributed by atoms with Crippen LogP contribution in [-0.2, 0) is 19.1 Å². The van der Waals surface area contributed by atoms with E-state index < -0.39 is 24.2 Å². The molecule has 7 heteroatoms. The largest absolute Gasteiger partial charge is 0.466 e. The third-order valence-electron chi connectivity index (χ3n) is 2.49. The average Bonchev–Trinajstić information content (AvgIpc) is 2.26. The van der Waals surface area contributed by atoms with Crippen molar-refractivity contribution in [1.29, 1.82) is 0 Å². The first-order valence-electron chi connectivity index (χ1n) is 6.54. The molecule has 0 saturated heterocycles. The number of carbonyl (C=O) groups excluding carboxylic acids is 2. The van der Waals surface area contributed by atoms with Crippen molar-refractivity contribution in [3.8, 4) is 0 Å². The number of ether oxygens (including phenoxy) is 2. The molecular formula is C13H21F3O4. The molecule has 118 valence electrons. The fourth-order valence-electron chi connectivity index (χ4n) is 1.18. The molecule has 0 aliphatic heterocycles. The monoisotopic (exact) mass is 298 g/mol. The Balaban J connectivity index is 3.73. The summed E-state index contributed by atoms with van der Waals surface area (Å²) in [5.41, 5.74) is 0. The highest BCUT2D eigenvalue weighted by Crippen LogP contribution is 2.22. The molecule has 1 unspecified atom stereocenters. The minimum atomic E-state index is -4.56. The first kappa shape index (κ1) is 18.7. The van der Waals surface area contributed by atoms with E-state index in [-0.39, 0.29) is 19.3 Å². The van der Waals surface area contributed by atoms with E-state index >= 15 is 0 Å². The zero-order chi connectivity index (χ0) is 15.8. The minimum absolute atomic E-state index is 0.00636.